The summed E-state index contributed by atoms with van der Waals surface area (Å²) >= 11 is 0. The zero-order chi connectivity index (χ0) is 18.4. The number of nitrogens with zero attached hydrogens (tertiary/aromatic N) is 3. The Morgan fingerprint density at radius 1 is 1.36 bits per heavy atom. The molecule has 0 fully saturated rings. The fourth-order valence-electron chi connectivity index (χ4n) is 2.78. The molecule has 0 spiro atoms. The summed E-state index contributed by atoms with van der Waals surface area (Å²) in [5.74, 6) is -0.349. The topological polar surface area (TPSA) is 88.2 Å². The van der Waals surface area contributed by atoms with Gasteiger partial charge < -0.3 is 15.4 Å². The number of para-hydroxylation sites is 1. The third-order valence-electron chi connectivity index (χ3n) is 3.94. The van der Waals surface area contributed by atoms with Crippen LogP contribution in [-0.4, -0.2) is 55.3 Å². The molecule has 2 N–H and O–H groups in total. The van der Waals surface area contributed by atoms with Gasteiger partial charge in [0.15, 0.2) is 0 Å². The van der Waals surface area contributed by atoms with Crippen LogP contribution in [0.4, 0.5) is 5.69 Å². The highest BCUT2D eigenvalue weighted by Gasteiger charge is 2.36. The summed E-state index contributed by atoms with van der Waals surface area (Å²) in [6.45, 7) is 5.64. The molecule has 1 aromatic carbocycles. The van der Waals surface area contributed by atoms with Gasteiger partial charge in [-0.2, -0.15) is 5.10 Å². The van der Waals surface area contributed by atoms with E-state index in [4.69, 9.17) is 10.5 Å². The number of amides is 2. The molecule has 0 aromatic heterocycles. The molecule has 0 radical (unpaired) electrons. The average molecular weight is 346 g/mol. The van der Waals surface area contributed by atoms with Crippen LogP contribution < -0.4 is 10.7 Å². The Labute approximate surface area is 148 Å². The van der Waals surface area contributed by atoms with Crippen molar-refractivity contribution in [2.24, 2.45) is 16.8 Å². The molecule has 1 aliphatic rings. The van der Waals surface area contributed by atoms with Gasteiger partial charge in [0, 0.05) is 26.6 Å². The predicted molar refractivity (Wildman–Crippen MR) is 97.2 cm³/mol. The average Bonchev–Trinajstić information content (AvgIpc) is 3.04. The highest BCUT2D eigenvalue weighted by atomic mass is 16.5. The maximum Gasteiger partial charge on any atom is 0.270 e. The number of hydrogen-bond acceptors (Lipinski definition) is 5. The van der Waals surface area contributed by atoms with Crippen molar-refractivity contribution in [1.29, 1.82) is 0 Å². The van der Waals surface area contributed by atoms with E-state index in [0.29, 0.717) is 31.3 Å². The number of nitrogens with two attached hydrogens (primary N) is 1. The molecular formula is C18H26N4O3. The van der Waals surface area contributed by atoms with Crippen molar-refractivity contribution in [3.8, 4) is 0 Å². The minimum atomic E-state index is -0.648. The quantitative estimate of drug-likeness (QED) is 0.767. The Kier molecular flexibility index (Phi) is 6.52. The molecule has 7 heteroatoms. The summed E-state index contributed by atoms with van der Waals surface area (Å²) in [6, 6.07) is 8.61. The van der Waals surface area contributed by atoms with Gasteiger partial charge in [0.1, 0.15) is 11.8 Å². The number of methoxy groups -OCH3 is 1. The van der Waals surface area contributed by atoms with Crippen LogP contribution in [0.3, 0.4) is 0 Å². The van der Waals surface area contributed by atoms with Gasteiger partial charge in [-0.25, -0.2) is 0 Å². The molecule has 1 heterocycles. The van der Waals surface area contributed by atoms with Crippen molar-refractivity contribution in [2.45, 2.75) is 26.3 Å². The van der Waals surface area contributed by atoms with Crippen molar-refractivity contribution in [3.63, 3.8) is 0 Å². The molecule has 1 aromatic rings. The molecule has 2 rings (SSSR count). The van der Waals surface area contributed by atoms with E-state index >= 15 is 0 Å². The lowest BCUT2D eigenvalue weighted by molar-refractivity contribution is -0.125. The van der Waals surface area contributed by atoms with Crippen molar-refractivity contribution in [2.75, 3.05) is 31.8 Å². The minimum Gasteiger partial charge on any atom is -0.383 e. The molecule has 0 saturated carbocycles. The second-order valence-electron chi connectivity index (χ2n) is 6.49. The van der Waals surface area contributed by atoms with Crippen LogP contribution in [0, 0.1) is 5.92 Å². The van der Waals surface area contributed by atoms with Crippen LogP contribution in [-0.2, 0) is 14.3 Å². The third kappa shape index (κ3) is 4.79. The predicted octanol–water partition coefficient (Wildman–Crippen LogP) is 1.24. The Hall–Kier alpha value is -2.41. The molecule has 1 aliphatic heterocycles. The van der Waals surface area contributed by atoms with E-state index in [1.165, 1.54) is 0 Å². The molecule has 136 valence electrons. The maximum atomic E-state index is 12.9. The largest absolute Gasteiger partial charge is 0.383 e. The summed E-state index contributed by atoms with van der Waals surface area (Å²) in [6.07, 6.45) is 0.213. The summed E-state index contributed by atoms with van der Waals surface area (Å²) in [5.41, 5.74) is 6.61. The number of rotatable bonds is 8. The molecule has 1 atom stereocenters. The standard InChI is InChI=1S/C18H26N4O3/c1-13(2)12-21(9-10-25-3)18(24)15-11-16(17(19)23)22(20-15)14-7-5-4-6-8-14/h4-8,13,16H,9-12H2,1-3H3,(H2,19,23). The monoisotopic (exact) mass is 346 g/mol. The maximum absolute atomic E-state index is 12.9. The number of benzene rings is 1. The normalized spacial score (nSPS) is 16.9. The third-order valence-corrected chi connectivity index (χ3v) is 3.94. The summed E-state index contributed by atoms with van der Waals surface area (Å²) in [5, 5.41) is 5.96. The minimum absolute atomic E-state index is 0.171. The first-order valence-electron chi connectivity index (χ1n) is 8.43. The molecule has 0 aliphatic carbocycles. The molecule has 2 amide bonds. The smallest absolute Gasteiger partial charge is 0.270 e. The summed E-state index contributed by atoms with van der Waals surface area (Å²) < 4.78 is 5.10. The van der Waals surface area contributed by atoms with E-state index in [9.17, 15) is 9.59 Å². The van der Waals surface area contributed by atoms with Crippen LogP contribution in [0.1, 0.15) is 20.3 Å². The van der Waals surface area contributed by atoms with E-state index in [1.807, 2.05) is 44.2 Å². The van der Waals surface area contributed by atoms with Crippen LogP contribution in [0.2, 0.25) is 0 Å². The first-order chi connectivity index (χ1) is 11.9. The van der Waals surface area contributed by atoms with Gasteiger partial charge in [0.2, 0.25) is 5.91 Å². The summed E-state index contributed by atoms with van der Waals surface area (Å²) in [7, 11) is 1.60. The Bertz CT molecular complexity index is 630. The van der Waals surface area contributed by atoms with Gasteiger partial charge in [-0.05, 0) is 18.1 Å². The van der Waals surface area contributed by atoms with Gasteiger partial charge in [0.25, 0.3) is 5.91 Å². The van der Waals surface area contributed by atoms with Crippen molar-refractivity contribution < 1.29 is 14.3 Å². The Morgan fingerprint density at radius 2 is 2.04 bits per heavy atom. The van der Waals surface area contributed by atoms with Gasteiger partial charge >= 0.3 is 0 Å². The van der Waals surface area contributed by atoms with E-state index in [0.717, 1.165) is 5.69 Å². The van der Waals surface area contributed by atoms with Crippen LogP contribution >= 0.6 is 0 Å². The molecular weight excluding hydrogens is 320 g/mol. The zero-order valence-electron chi connectivity index (χ0n) is 15.0. The van der Waals surface area contributed by atoms with Crippen molar-refractivity contribution in [3.05, 3.63) is 30.3 Å². The number of hydrazone groups is 1. The van der Waals surface area contributed by atoms with Gasteiger partial charge in [-0.1, -0.05) is 32.0 Å². The van der Waals surface area contributed by atoms with Crippen LogP contribution in [0.15, 0.2) is 35.4 Å². The SMILES string of the molecule is COCCN(CC(C)C)C(=O)C1=NN(c2ccccc2)C(C(N)=O)C1. The molecule has 25 heavy (non-hydrogen) atoms. The highest BCUT2D eigenvalue weighted by molar-refractivity contribution is 6.40. The lowest BCUT2D eigenvalue weighted by atomic mass is 10.1. The molecule has 0 bridgehead atoms. The van der Waals surface area contributed by atoms with E-state index in [1.54, 1.807) is 17.0 Å². The second-order valence-corrected chi connectivity index (χ2v) is 6.49. The first kappa shape index (κ1) is 18.9. The molecule has 1 unspecified atom stereocenters. The lowest BCUT2D eigenvalue weighted by Crippen LogP contribution is -2.42. The van der Waals surface area contributed by atoms with Crippen molar-refractivity contribution >= 4 is 23.2 Å². The number of anilines is 1. The second kappa shape index (κ2) is 8.62. The van der Waals surface area contributed by atoms with Gasteiger partial charge in [-0.3, -0.25) is 14.6 Å². The molecule has 7 nitrogen and oxygen atoms in total. The molecule has 0 saturated heterocycles. The zero-order valence-corrected chi connectivity index (χ0v) is 15.0. The Balaban J connectivity index is 2.24. The van der Waals surface area contributed by atoms with E-state index in [-0.39, 0.29) is 12.3 Å². The fraction of sp³-hybridized carbons (Fsp3) is 0.500. The number of ether oxygens (including phenoxy) is 1. The number of carbonyl (C=O) groups is 2. The lowest BCUT2D eigenvalue weighted by Gasteiger charge is -2.24. The Morgan fingerprint density at radius 3 is 2.60 bits per heavy atom. The van der Waals surface area contributed by atoms with Gasteiger partial charge in [-0.15, -0.1) is 0 Å². The number of primary amides is 1. The number of hydrogen-bond donors (Lipinski definition) is 1. The van der Waals surface area contributed by atoms with Crippen molar-refractivity contribution in [1.82, 2.24) is 4.90 Å². The first-order valence-corrected chi connectivity index (χ1v) is 8.43. The van der Waals surface area contributed by atoms with Gasteiger partial charge in [0.05, 0.1) is 12.3 Å². The summed E-state index contributed by atoms with van der Waals surface area (Å²) in [4.78, 5) is 26.4. The van der Waals surface area contributed by atoms with Crippen LogP contribution in [0.5, 0.6) is 0 Å². The highest BCUT2D eigenvalue weighted by Crippen LogP contribution is 2.25. The van der Waals surface area contributed by atoms with E-state index in [2.05, 4.69) is 5.10 Å². The fourth-order valence-corrected chi connectivity index (χ4v) is 2.78. The van der Waals surface area contributed by atoms with Crippen LogP contribution in [0.25, 0.3) is 0 Å². The van der Waals surface area contributed by atoms with E-state index < -0.39 is 11.9 Å². The number of carbonyl (C=O) groups excluding carboxylic acids is 2.